The van der Waals surface area contributed by atoms with Gasteiger partial charge in [0, 0.05) is 33.3 Å². The van der Waals surface area contributed by atoms with Crippen LogP contribution in [0.4, 0.5) is 4.79 Å². The minimum atomic E-state index is -0.478. The van der Waals surface area contributed by atoms with Gasteiger partial charge in [0.1, 0.15) is 0 Å². The van der Waals surface area contributed by atoms with E-state index in [9.17, 15) is 4.79 Å². The molecule has 0 saturated heterocycles. The van der Waals surface area contributed by atoms with Crippen molar-refractivity contribution in [3.8, 4) is 0 Å². The van der Waals surface area contributed by atoms with Gasteiger partial charge in [0.25, 0.3) is 0 Å². The molecule has 1 aromatic heterocycles. The predicted molar refractivity (Wildman–Crippen MR) is 85.7 cm³/mol. The van der Waals surface area contributed by atoms with Crippen molar-refractivity contribution in [3.63, 3.8) is 0 Å². The van der Waals surface area contributed by atoms with Crippen molar-refractivity contribution in [2.45, 2.75) is 13.5 Å². The fourth-order valence-corrected chi connectivity index (χ4v) is 3.66. The maximum Gasteiger partial charge on any atom is 0.341 e. The number of thiophene rings is 1. The Morgan fingerprint density at radius 3 is 2.71 bits per heavy atom. The molecule has 108 valence electrons. The lowest BCUT2D eigenvalue weighted by Crippen LogP contribution is -2.37. The number of nitrogens with one attached hydrogen (secondary N) is 1. The molecule has 2 N–H and O–H groups in total. The molecule has 0 spiro atoms. The minimum Gasteiger partial charge on any atom is -0.319 e. The summed E-state index contributed by atoms with van der Waals surface area (Å²) in [5.74, 6) is 0. The molecule has 3 rings (SSSR count). The van der Waals surface area contributed by atoms with Crippen LogP contribution in [0, 0.1) is 0 Å². The SMILES string of the molecule is CCN(Cc1ccc2c(c1)sc1ccccc12)C(=O)NO. The standard InChI is InChI=1S/C16H16N2O2S/c1-2-18(16(19)17-20)10-11-7-8-13-12-5-3-4-6-14(12)21-15(13)9-11/h3-9,20H,2,10H2,1H3,(H,17,19). The Morgan fingerprint density at radius 2 is 1.95 bits per heavy atom. The van der Waals surface area contributed by atoms with Gasteiger partial charge < -0.3 is 4.90 Å². The molecule has 0 radical (unpaired) electrons. The number of hydrogen-bond acceptors (Lipinski definition) is 3. The molecule has 5 heteroatoms. The molecule has 0 atom stereocenters. The Balaban J connectivity index is 1.97. The number of nitrogens with zero attached hydrogens (tertiary/aromatic N) is 1. The van der Waals surface area contributed by atoms with Gasteiger partial charge in [0.2, 0.25) is 0 Å². The van der Waals surface area contributed by atoms with Crippen molar-refractivity contribution in [2.24, 2.45) is 0 Å². The molecule has 4 nitrogen and oxygen atoms in total. The number of amides is 2. The van der Waals surface area contributed by atoms with Gasteiger partial charge in [-0.3, -0.25) is 5.21 Å². The number of hydrogen-bond donors (Lipinski definition) is 2. The molecule has 0 fully saturated rings. The number of benzene rings is 2. The fourth-order valence-electron chi connectivity index (χ4n) is 2.49. The third-order valence-electron chi connectivity index (χ3n) is 3.58. The van der Waals surface area contributed by atoms with Crippen LogP contribution in [-0.2, 0) is 6.54 Å². The van der Waals surface area contributed by atoms with E-state index >= 15 is 0 Å². The van der Waals surface area contributed by atoms with Crippen LogP contribution in [0.15, 0.2) is 42.5 Å². The van der Waals surface area contributed by atoms with E-state index in [0.717, 1.165) is 5.56 Å². The van der Waals surface area contributed by atoms with Crippen molar-refractivity contribution in [1.82, 2.24) is 10.4 Å². The molecule has 0 aliphatic carbocycles. The average molecular weight is 300 g/mol. The average Bonchev–Trinajstić information content (AvgIpc) is 2.89. The Hall–Kier alpha value is -2.11. The Morgan fingerprint density at radius 1 is 1.19 bits per heavy atom. The first-order valence-electron chi connectivity index (χ1n) is 6.82. The van der Waals surface area contributed by atoms with E-state index in [1.807, 2.05) is 25.1 Å². The van der Waals surface area contributed by atoms with E-state index in [-0.39, 0.29) is 0 Å². The Bertz CT molecular complexity index is 797. The number of hydroxylamine groups is 1. The maximum atomic E-state index is 11.5. The summed E-state index contributed by atoms with van der Waals surface area (Å²) in [5, 5.41) is 11.3. The van der Waals surface area contributed by atoms with Crippen molar-refractivity contribution in [2.75, 3.05) is 6.54 Å². The third-order valence-corrected chi connectivity index (χ3v) is 4.71. The summed E-state index contributed by atoms with van der Waals surface area (Å²) in [6.07, 6.45) is 0. The van der Waals surface area contributed by atoms with Gasteiger partial charge in [-0.15, -0.1) is 11.3 Å². The second kappa shape index (κ2) is 5.71. The number of carbonyl (C=O) groups excluding carboxylic acids is 1. The van der Waals surface area contributed by atoms with Crippen LogP contribution in [-0.4, -0.2) is 22.7 Å². The zero-order valence-electron chi connectivity index (χ0n) is 11.7. The van der Waals surface area contributed by atoms with Crippen molar-refractivity contribution in [1.29, 1.82) is 0 Å². The van der Waals surface area contributed by atoms with Crippen LogP contribution in [0.5, 0.6) is 0 Å². The van der Waals surface area contributed by atoms with E-state index in [0.29, 0.717) is 13.1 Å². The molecule has 0 bridgehead atoms. The topological polar surface area (TPSA) is 52.6 Å². The highest BCUT2D eigenvalue weighted by molar-refractivity contribution is 7.25. The van der Waals surface area contributed by atoms with Crippen LogP contribution in [0.25, 0.3) is 20.2 Å². The largest absolute Gasteiger partial charge is 0.341 e. The van der Waals surface area contributed by atoms with E-state index in [2.05, 4.69) is 24.3 Å². The first kappa shape index (κ1) is 13.9. The molecular formula is C16H16N2O2S. The highest BCUT2D eigenvalue weighted by atomic mass is 32.1. The molecule has 2 aromatic carbocycles. The maximum absolute atomic E-state index is 11.5. The lowest BCUT2D eigenvalue weighted by molar-refractivity contribution is 0.129. The van der Waals surface area contributed by atoms with Gasteiger partial charge >= 0.3 is 6.03 Å². The number of fused-ring (bicyclic) bond motifs is 3. The first-order chi connectivity index (χ1) is 10.2. The second-order valence-electron chi connectivity index (χ2n) is 4.86. The van der Waals surface area contributed by atoms with Crippen molar-refractivity contribution in [3.05, 3.63) is 48.0 Å². The number of urea groups is 1. The molecule has 0 saturated carbocycles. The summed E-state index contributed by atoms with van der Waals surface area (Å²) in [6, 6.07) is 14.1. The lowest BCUT2D eigenvalue weighted by atomic mass is 10.1. The van der Waals surface area contributed by atoms with Crippen molar-refractivity contribution < 1.29 is 10.0 Å². The van der Waals surface area contributed by atoms with Gasteiger partial charge in [-0.25, -0.2) is 10.3 Å². The number of rotatable bonds is 3. The second-order valence-corrected chi connectivity index (χ2v) is 5.94. The van der Waals surface area contributed by atoms with Gasteiger partial charge in [0.15, 0.2) is 0 Å². The monoisotopic (exact) mass is 300 g/mol. The summed E-state index contributed by atoms with van der Waals surface area (Å²) >= 11 is 1.76. The van der Waals surface area contributed by atoms with Crippen LogP contribution >= 0.6 is 11.3 Å². The molecule has 0 aliphatic rings. The number of carbonyl (C=O) groups is 1. The van der Waals surface area contributed by atoms with Crippen molar-refractivity contribution >= 4 is 37.5 Å². The van der Waals surface area contributed by atoms with E-state index in [1.54, 1.807) is 21.7 Å². The van der Waals surface area contributed by atoms with Crippen LogP contribution in [0.3, 0.4) is 0 Å². The minimum absolute atomic E-state index is 0.478. The van der Waals surface area contributed by atoms with Crippen LogP contribution in [0.1, 0.15) is 12.5 Å². The normalized spacial score (nSPS) is 11.0. The zero-order valence-corrected chi connectivity index (χ0v) is 12.5. The lowest BCUT2D eigenvalue weighted by Gasteiger charge is -2.19. The molecule has 1 heterocycles. The summed E-state index contributed by atoms with van der Waals surface area (Å²) < 4.78 is 2.49. The molecule has 3 aromatic rings. The summed E-state index contributed by atoms with van der Waals surface area (Å²) in [5.41, 5.74) is 2.74. The molecule has 0 unspecified atom stereocenters. The smallest absolute Gasteiger partial charge is 0.319 e. The van der Waals surface area contributed by atoms with Gasteiger partial charge in [0.05, 0.1) is 0 Å². The molecule has 21 heavy (non-hydrogen) atoms. The highest BCUT2D eigenvalue weighted by Crippen LogP contribution is 2.34. The highest BCUT2D eigenvalue weighted by Gasteiger charge is 2.12. The fraction of sp³-hybridized carbons (Fsp3) is 0.188. The third kappa shape index (κ3) is 2.57. The Labute approximate surface area is 126 Å². The van der Waals surface area contributed by atoms with E-state index in [4.69, 9.17) is 5.21 Å². The van der Waals surface area contributed by atoms with Gasteiger partial charge in [-0.2, -0.15) is 0 Å². The Kier molecular flexibility index (Phi) is 3.77. The molecule has 2 amide bonds. The summed E-state index contributed by atoms with van der Waals surface area (Å²) in [6.45, 7) is 2.90. The summed E-state index contributed by atoms with van der Waals surface area (Å²) in [4.78, 5) is 13.1. The van der Waals surface area contributed by atoms with Crippen LogP contribution < -0.4 is 5.48 Å². The van der Waals surface area contributed by atoms with Gasteiger partial charge in [-0.05, 0) is 24.6 Å². The molecular weight excluding hydrogens is 284 g/mol. The van der Waals surface area contributed by atoms with Gasteiger partial charge in [-0.1, -0.05) is 30.3 Å². The van der Waals surface area contributed by atoms with Crippen LogP contribution in [0.2, 0.25) is 0 Å². The predicted octanol–water partition coefficient (Wildman–Crippen LogP) is 3.98. The van der Waals surface area contributed by atoms with E-state index in [1.165, 1.54) is 20.2 Å². The first-order valence-corrected chi connectivity index (χ1v) is 7.63. The van der Waals surface area contributed by atoms with E-state index < -0.39 is 6.03 Å². The quantitative estimate of drug-likeness (QED) is 0.568. The summed E-state index contributed by atoms with van der Waals surface area (Å²) in [7, 11) is 0. The zero-order chi connectivity index (χ0) is 14.8. The molecule has 0 aliphatic heterocycles.